The second-order valence-corrected chi connectivity index (χ2v) is 1.61. The van der Waals surface area contributed by atoms with E-state index in [0.29, 0.717) is 0 Å². The van der Waals surface area contributed by atoms with Crippen molar-refractivity contribution in [2.24, 2.45) is 4.99 Å². The first kappa shape index (κ1) is 5.07. The molecule has 0 aromatic heterocycles. The molecule has 1 aliphatic heterocycles. The van der Waals surface area contributed by atoms with Crippen LogP contribution in [0.4, 0.5) is 0 Å². The molecule has 0 unspecified atom stereocenters. The van der Waals surface area contributed by atoms with E-state index >= 15 is 0 Å². The van der Waals surface area contributed by atoms with Gasteiger partial charge in [0.05, 0.1) is 6.20 Å². The van der Waals surface area contributed by atoms with E-state index in [9.17, 15) is 0 Å². The summed E-state index contributed by atoms with van der Waals surface area (Å²) < 4.78 is 0. The molecule has 0 aromatic rings. The van der Waals surface area contributed by atoms with E-state index < -0.39 is 0 Å². The van der Waals surface area contributed by atoms with Gasteiger partial charge in [-0.1, -0.05) is 5.73 Å². The van der Waals surface area contributed by atoms with E-state index in [1.807, 2.05) is 19.1 Å². The molecule has 1 nitrogen and oxygen atoms in total. The van der Waals surface area contributed by atoms with Crippen molar-refractivity contribution >= 4 is 6.21 Å². The lowest BCUT2D eigenvalue weighted by molar-refractivity contribution is 1.53. The average Bonchev–Trinajstić information content (AvgIpc) is 1.94. The minimum atomic E-state index is 1.11. The van der Waals surface area contributed by atoms with Crippen molar-refractivity contribution in [2.75, 3.05) is 0 Å². The van der Waals surface area contributed by atoms with E-state index in [0.717, 1.165) is 5.57 Å². The Bertz CT molecular complexity index is 190. The molecule has 1 heterocycles. The molecular formula is C7H7N. The standard InChI is InChI=1S/C7H7N/c1-7-3-2-5-8-6-4-7/h2-3,5-6H,1H3. The highest BCUT2D eigenvalue weighted by Crippen LogP contribution is 1.92. The van der Waals surface area contributed by atoms with Crippen LogP contribution < -0.4 is 0 Å². The van der Waals surface area contributed by atoms with Crippen LogP contribution >= 0.6 is 0 Å². The highest BCUT2D eigenvalue weighted by molar-refractivity contribution is 5.72. The second-order valence-electron chi connectivity index (χ2n) is 1.61. The normalized spacial score (nSPS) is 15.9. The van der Waals surface area contributed by atoms with E-state index in [-0.39, 0.29) is 0 Å². The van der Waals surface area contributed by atoms with Crippen molar-refractivity contribution in [3.63, 3.8) is 0 Å². The molecule has 8 heavy (non-hydrogen) atoms. The van der Waals surface area contributed by atoms with Gasteiger partial charge in [-0.15, -0.1) is 0 Å². The highest BCUT2D eigenvalue weighted by atomic mass is 14.6. The number of nitrogens with zero attached hydrogens (tertiary/aromatic N) is 1. The van der Waals surface area contributed by atoms with Crippen LogP contribution in [0.15, 0.2) is 34.6 Å². The van der Waals surface area contributed by atoms with Crippen LogP contribution in [0.5, 0.6) is 0 Å². The Labute approximate surface area is 48.7 Å². The lowest BCUT2D eigenvalue weighted by atomic mass is 10.3. The summed E-state index contributed by atoms with van der Waals surface area (Å²) in [6, 6.07) is 0. The molecule has 0 atom stereocenters. The summed E-state index contributed by atoms with van der Waals surface area (Å²) in [4.78, 5) is 3.85. The Hall–Kier alpha value is -1.07. The number of rotatable bonds is 0. The Kier molecular flexibility index (Phi) is 1.45. The van der Waals surface area contributed by atoms with Gasteiger partial charge in [-0.3, -0.25) is 4.99 Å². The van der Waals surface area contributed by atoms with Gasteiger partial charge in [-0.2, -0.15) is 0 Å². The van der Waals surface area contributed by atoms with Gasteiger partial charge in [0.2, 0.25) is 0 Å². The molecule has 0 aliphatic carbocycles. The van der Waals surface area contributed by atoms with E-state index in [2.05, 4.69) is 10.7 Å². The first-order chi connectivity index (χ1) is 3.89. The second kappa shape index (κ2) is 2.29. The third kappa shape index (κ3) is 1.21. The Morgan fingerprint density at radius 3 is 3.38 bits per heavy atom. The van der Waals surface area contributed by atoms with Gasteiger partial charge in [0.15, 0.2) is 0 Å². The molecule has 0 saturated heterocycles. The van der Waals surface area contributed by atoms with Crippen molar-refractivity contribution in [1.29, 1.82) is 0 Å². The molecule has 1 aliphatic rings. The summed E-state index contributed by atoms with van der Waals surface area (Å²) in [6.07, 6.45) is 7.26. The van der Waals surface area contributed by atoms with Gasteiger partial charge >= 0.3 is 0 Å². The van der Waals surface area contributed by atoms with E-state index in [1.54, 1.807) is 12.4 Å². The van der Waals surface area contributed by atoms with Crippen LogP contribution in [0.3, 0.4) is 0 Å². The van der Waals surface area contributed by atoms with Gasteiger partial charge in [0, 0.05) is 6.21 Å². The summed E-state index contributed by atoms with van der Waals surface area (Å²) in [6.45, 7) is 1.99. The quantitative estimate of drug-likeness (QED) is 0.416. The summed E-state index contributed by atoms with van der Waals surface area (Å²) in [5.41, 5.74) is 4.06. The molecule has 0 amide bonds. The molecular weight excluding hydrogens is 98.1 g/mol. The minimum absolute atomic E-state index is 1.11. The monoisotopic (exact) mass is 105 g/mol. The maximum atomic E-state index is 3.85. The first-order valence-corrected chi connectivity index (χ1v) is 2.51. The molecule has 0 fully saturated rings. The molecule has 0 aromatic carbocycles. The summed E-state index contributed by atoms with van der Waals surface area (Å²) in [5, 5.41) is 0. The van der Waals surface area contributed by atoms with Crippen LogP contribution in [-0.4, -0.2) is 6.21 Å². The molecule has 0 radical (unpaired) electrons. The van der Waals surface area contributed by atoms with Gasteiger partial charge in [0.25, 0.3) is 0 Å². The van der Waals surface area contributed by atoms with Crippen molar-refractivity contribution in [2.45, 2.75) is 6.92 Å². The van der Waals surface area contributed by atoms with Gasteiger partial charge < -0.3 is 0 Å². The van der Waals surface area contributed by atoms with Crippen LogP contribution in [0.25, 0.3) is 0 Å². The van der Waals surface area contributed by atoms with Crippen molar-refractivity contribution < 1.29 is 0 Å². The van der Waals surface area contributed by atoms with Crippen molar-refractivity contribution in [3.8, 4) is 0 Å². The predicted molar refractivity (Wildman–Crippen MR) is 34.9 cm³/mol. The zero-order chi connectivity index (χ0) is 5.82. The Morgan fingerprint density at radius 1 is 1.62 bits per heavy atom. The topological polar surface area (TPSA) is 12.4 Å². The smallest absolute Gasteiger partial charge is 0.0689 e. The highest BCUT2D eigenvalue weighted by Gasteiger charge is 1.76. The number of hydrogen-bond acceptors (Lipinski definition) is 1. The molecule has 40 valence electrons. The van der Waals surface area contributed by atoms with Crippen molar-refractivity contribution in [1.82, 2.24) is 0 Å². The fourth-order valence-corrected chi connectivity index (χ4v) is 0.467. The summed E-state index contributed by atoms with van der Waals surface area (Å²) >= 11 is 0. The SMILES string of the molecule is CC1=C=CN=CC=C1. The van der Waals surface area contributed by atoms with E-state index in [1.165, 1.54) is 0 Å². The van der Waals surface area contributed by atoms with Crippen LogP contribution in [0.1, 0.15) is 6.92 Å². The van der Waals surface area contributed by atoms with Crippen LogP contribution in [0.2, 0.25) is 0 Å². The predicted octanol–water partition coefficient (Wildman–Crippen LogP) is 1.69. The molecule has 1 rings (SSSR count). The maximum absolute atomic E-state index is 3.85. The summed E-state index contributed by atoms with van der Waals surface area (Å²) in [7, 11) is 0. The fraction of sp³-hybridized carbons (Fsp3) is 0.143. The van der Waals surface area contributed by atoms with Gasteiger partial charge in [0.1, 0.15) is 0 Å². The molecule has 0 bridgehead atoms. The largest absolute Gasteiger partial charge is 0.256 e. The van der Waals surface area contributed by atoms with E-state index in [4.69, 9.17) is 0 Å². The number of aliphatic imine (C=N–C) groups is 1. The fourth-order valence-electron chi connectivity index (χ4n) is 0.467. The van der Waals surface area contributed by atoms with Crippen LogP contribution in [-0.2, 0) is 0 Å². The number of hydrogen-bond donors (Lipinski definition) is 0. The van der Waals surface area contributed by atoms with Crippen LogP contribution in [0, 0.1) is 0 Å². The lowest BCUT2D eigenvalue weighted by Crippen LogP contribution is -1.60. The third-order valence-electron chi connectivity index (χ3n) is 0.885. The lowest BCUT2D eigenvalue weighted by Gasteiger charge is -1.75. The zero-order valence-corrected chi connectivity index (χ0v) is 4.76. The summed E-state index contributed by atoms with van der Waals surface area (Å²) in [5.74, 6) is 0. The first-order valence-electron chi connectivity index (χ1n) is 2.51. The minimum Gasteiger partial charge on any atom is -0.256 e. The molecule has 1 heteroatoms. The molecule has 0 saturated carbocycles. The van der Waals surface area contributed by atoms with Gasteiger partial charge in [-0.05, 0) is 24.6 Å². The number of allylic oxidation sites excluding steroid dienone is 3. The maximum Gasteiger partial charge on any atom is 0.0689 e. The zero-order valence-electron chi connectivity index (χ0n) is 4.76. The third-order valence-corrected chi connectivity index (χ3v) is 0.885. The molecule has 0 N–H and O–H groups in total. The Morgan fingerprint density at radius 2 is 2.50 bits per heavy atom. The van der Waals surface area contributed by atoms with Crippen molar-refractivity contribution in [3.05, 3.63) is 29.7 Å². The van der Waals surface area contributed by atoms with Gasteiger partial charge in [-0.25, -0.2) is 0 Å². The average molecular weight is 105 g/mol. The molecule has 0 spiro atoms. The Balaban J connectivity index is 2.95.